The van der Waals surface area contributed by atoms with Crippen molar-refractivity contribution in [3.63, 3.8) is 0 Å². The highest BCUT2D eigenvalue weighted by Crippen LogP contribution is 2.63. The molecule has 3 N–H and O–H groups in total. The number of hydrogen-bond acceptors (Lipinski definition) is 2. The van der Waals surface area contributed by atoms with E-state index < -0.39 is 0 Å². The summed E-state index contributed by atoms with van der Waals surface area (Å²) in [5.74, 6) is 2.01. The summed E-state index contributed by atoms with van der Waals surface area (Å²) in [4.78, 5) is 0. The Bertz CT molecular complexity index is 510. The monoisotopic (exact) mass is 287 g/mol. The summed E-state index contributed by atoms with van der Waals surface area (Å²) in [7, 11) is 0. The van der Waals surface area contributed by atoms with Crippen LogP contribution in [0.3, 0.4) is 0 Å². The Balaban J connectivity index is 1.72. The van der Waals surface area contributed by atoms with Crippen molar-refractivity contribution in [1.82, 2.24) is 0 Å². The van der Waals surface area contributed by atoms with Crippen molar-refractivity contribution >= 4 is 0 Å². The zero-order valence-corrected chi connectivity index (χ0v) is 13.4. The van der Waals surface area contributed by atoms with Gasteiger partial charge in [0.1, 0.15) is 0 Å². The molecular weight excluding hydrogens is 258 g/mol. The standard InChI is InChI=1S/C19H29NO/c1-18-9-7-13(20)11-12(18)3-4-14-15-5-6-17(21)19(15,2)10-8-16(14)18/h4,7,9,12-13,15-17,21H,3,5-6,8,10-11,20H2,1-2H3/t12-,13+,15+,16+,17+,18+,19+/m1/s1. The van der Waals surface area contributed by atoms with E-state index >= 15 is 0 Å². The predicted octanol–water partition coefficient (Wildman–Crippen LogP) is 3.41. The van der Waals surface area contributed by atoms with E-state index in [1.54, 1.807) is 5.57 Å². The fourth-order valence-electron chi connectivity index (χ4n) is 6.08. The van der Waals surface area contributed by atoms with E-state index in [-0.39, 0.29) is 17.6 Å². The van der Waals surface area contributed by atoms with Crippen LogP contribution in [0.2, 0.25) is 0 Å². The van der Waals surface area contributed by atoms with Gasteiger partial charge >= 0.3 is 0 Å². The second-order valence-electron chi connectivity index (χ2n) is 8.50. The molecule has 0 bridgehead atoms. The summed E-state index contributed by atoms with van der Waals surface area (Å²) in [6, 6.07) is 0.250. The van der Waals surface area contributed by atoms with E-state index in [2.05, 4.69) is 32.1 Å². The molecule has 7 atom stereocenters. The number of hydrogen-bond donors (Lipinski definition) is 2. The number of nitrogens with two attached hydrogens (primary N) is 1. The van der Waals surface area contributed by atoms with Gasteiger partial charge in [-0.15, -0.1) is 0 Å². The zero-order chi connectivity index (χ0) is 14.8. The summed E-state index contributed by atoms with van der Waals surface area (Å²) >= 11 is 0. The SMILES string of the molecule is C[C@]12C=C[C@H](N)C[C@H]1CC=C1[C@@H]2CC[C@]2(C)[C@@H](O)CC[C@@H]12. The van der Waals surface area contributed by atoms with Gasteiger partial charge in [0.05, 0.1) is 6.10 Å². The van der Waals surface area contributed by atoms with Gasteiger partial charge in [-0.2, -0.15) is 0 Å². The van der Waals surface area contributed by atoms with Gasteiger partial charge in [-0.05, 0) is 61.7 Å². The van der Waals surface area contributed by atoms with Crippen molar-refractivity contribution in [2.24, 2.45) is 34.3 Å². The van der Waals surface area contributed by atoms with Gasteiger partial charge in [-0.25, -0.2) is 0 Å². The van der Waals surface area contributed by atoms with Gasteiger partial charge in [0.2, 0.25) is 0 Å². The first kappa shape index (κ1) is 14.0. The Morgan fingerprint density at radius 3 is 2.81 bits per heavy atom. The van der Waals surface area contributed by atoms with Gasteiger partial charge in [0.15, 0.2) is 0 Å². The highest BCUT2D eigenvalue weighted by molar-refractivity contribution is 5.31. The second kappa shape index (κ2) is 4.45. The summed E-state index contributed by atoms with van der Waals surface area (Å²) in [6.07, 6.45) is 14.1. The zero-order valence-electron chi connectivity index (χ0n) is 13.4. The predicted molar refractivity (Wildman–Crippen MR) is 85.6 cm³/mol. The van der Waals surface area contributed by atoms with E-state index in [0.29, 0.717) is 23.2 Å². The van der Waals surface area contributed by atoms with Crippen molar-refractivity contribution in [1.29, 1.82) is 0 Å². The number of allylic oxidation sites excluding steroid dienone is 3. The van der Waals surface area contributed by atoms with Crippen LogP contribution in [-0.2, 0) is 0 Å². The summed E-state index contributed by atoms with van der Waals surface area (Å²) in [5, 5.41) is 10.4. The van der Waals surface area contributed by atoms with E-state index in [0.717, 1.165) is 12.8 Å². The molecule has 2 saturated carbocycles. The molecule has 0 aromatic heterocycles. The van der Waals surface area contributed by atoms with Gasteiger partial charge < -0.3 is 10.8 Å². The minimum atomic E-state index is -0.0924. The molecule has 0 saturated heterocycles. The van der Waals surface area contributed by atoms with Crippen LogP contribution < -0.4 is 5.73 Å². The maximum absolute atomic E-state index is 10.4. The molecular formula is C19H29NO. The summed E-state index contributed by atoms with van der Waals surface area (Å²) < 4.78 is 0. The fourth-order valence-corrected chi connectivity index (χ4v) is 6.08. The quantitative estimate of drug-likeness (QED) is 0.671. The number of aliphatic hydroxyl groups excluding tert-OH is 1. The van der Waals surface area contributed by atoms with E-state index in [4.69, 9.17) is 5.73 Å². The molecule has 4 aliphatic rings. The highest BCUT2D eigenvalue weighted by Gasteiger charge is 2.56. The van der Waals surface area contributed by atoms with Crippen LogP contribution >= 0.6 is 0 Å². The molecule has 116 valence electrons. The normalized spacial score (nSPS) is 55.4. The lowest BCUT2D eigenvalue weighted by atomic mass is 9.50. The molecule has 4 aliphatic carbocycles. The molecule has 0 heterocycles. The Morgan fingerprint density at radius 1 is 1.19 bits per heavy atom. The third-order valence-electron chi connectivity index (χ3n) is 7.59. The largest absolute Gasteiger partial charge is 0.393 e. The smallest absolute Gasteiger partial charge is 0.0599 e. The molecule has 2 heteroatoms. The maximum atomic E-state index is 10.4. The highest BCUT2D eigenvalue weighted by atomic mass is 16.3. The van der Waals surface area contributed by atoms with Gasteiger partial charge in [0, 0.05) is 11.5 Å². The van der Waals surface area contributed by atoms with E-state index in [1.165, 1.54) is 25.7 Å². The summed E-state index contributed by atoms with van der Waals surface area (Å²) in [6.45, 7) is 4.79. The third kappa shape index (κ3) is 1.78. The molecule has 0 aliphatic heterocycles. The molecule has 0 radical (unpaired) electrons. The van der Waals surface area contributed by atoms with Crippen molar-refractivity contribution in [2.45, 2.75) is 64.5 Å². The molecule has 4 rings (SSSR count). The first-order chi connectivity index (χ1) is 9.95. The molecule has 2 fully saturated rings. The second-order valence-corrected chi connectivity index (χ2v) is 8.50. The van der Waals surface area contributed by atoms with Crippen LogP contribution in [0.5, 0.6) is 0 Å². The van der Waals surface area contributed by atoms with Crippen molar-refractivity contribution in [3.8, 4) is 0 Å². The van der Waals surface area contributed by atoms with Crippen LogP contribution in [0.15, 0.2) is 23.8 Å². The lowest BCUT2D eigenvalue weighted by Crippen LogP contribution is -2.49. The molecule has 0 aromatic rings. The first-order valence-corrected chi connectivity index (χ1v) is 8.78. The minimum Gasteiger partial charge on any atom is -0.393 e. The van der Waals surface area contributed by atoms with Crippen molar-refractivity contribution < 1.29 is 5.11 Å². The maximum Gasteiger partial charge on any atom is 0.0599 e. The molecule has 21 heavy (non-hydrogen) atoms. The molecule has 0 spiro atoms. The number of fused-ring (bicyclic) bond motifs is 5. The van der Waals surface area contributed by atoms with Crippen LogP contribution in [0, 0.1) is 28.6 Å². The molecule has 0 unspecified atom stereocenters. The minimum absolute atomic E-state index is 0.0924. The third-order valence-corrected chi connectivity index (χ3v) is 7.59. The molecule has 2 nitrogen and oxygen atoms in total. The number of rotatable bonds is 0. The van der Waals surface area contributed by atoms with Crippen molar-refractivity contribution in [3.05, 3.63) is 23.8 Å². The number of aliphatic hydroxyl groups is 1. The average Bonchev–Trinajstić information content (AvgIpc) is 2.76. The Hall–Kier alpha value is -0.600. The van der Waals surface area contributed by atoms with Crippen LogP contribution in [0.4, 0.5) is 0 Å². The molecule has 0 aromatic carbocycles. The topological polar surface area (TPSA) is 46.2 Å². The lowest BCUT2D eigenvalue weighted by molar-refractivity contribution is -0.00226. The Kier molecular flexibility index (Phi) is 2.97. The van der Waals surface area contributed by atoms with Gasteiger partial charge in [0.25, 0.3) is 0 Å². The van der Waals surface area contributed by atoms with Gasteiger partial charge in [-0.1, -0.05) is 37.6 Å². The van der Waals surface area contributed by atoms with Gasteiger partial charge in [-0.3, -0.25) is 0 Å². The summed E-state index contributed by atoms with van der Waals surface area (Å²) in [5.41, 5.74) is 8.27. The fraction of sp³-hybridized carbons (Fsp3) is 0.789. The Labute approximate surface area is 128 Å². The lowest BCUT2D eigenvalue weighted by Gasteiger charge is -2.55. The Morgan fingerprint density at radius 2 is 2.00 bits per heavy atom. The molecule has 0 amide bonds. The van der Waals surface area contributed by atoms with Crippen LogP contribution in [0.1, 0.15) is 52.4 Å². The van der Waals surface area contributed by atoms with Crippen molar-refractivity contribution in [2.75, 3.05) is 0 Å². The van der Waals surface area contributed by atoms with E-state index in [1.807, 2.05) is 0 Å². The van der Waals surface area contributed by atoms with Crippen LogP contribution in [0.25, 0.3) is 0 Å². The van der Waals surface area contributed by atoms with E-state index in [9.17, 15) is 5.11 Å². The van der Waals surface area contributed by atoms with Crippen LogP contribution in [-0.4, -0.2) is 17.3 Å². The average molecular weight is 287 g/mol. The first-order valence-electron chi connectivity index (χ1n) is 8.78.